The van der Waals surface area contributed by atoms with Gasteiger partial charge in [-0.05, 0) is 58.5 Å². The lowest BCUT2D eigenvalue weighted by Crippen LogP contribution is -2.40. The number of hydrogen-bond acceptors (Lipinski definition) is 9. The molecule has 0 fully saturated rings. The van der Waals surface area contributed by atoms with Crippen molar-refractivity contribution in [3.8, 4) is 22.6 Å². The summed E-state index contributed by atoms with van der Waals surface area (Å²) in [5, 5.41) is 20.7. The maximum Gasteiger partial charge on any atom is 0.325 e. The van der Waals surface area contributed by atoms with Crippen molar-refractivity contribution >= 4 is 29.4 Å². The van der Waals surface area contributed by atoms with Gasteiger partial charge in [0.1, 0.15) is 41.8 Å². The van der Waals surface area contributed by atoms with Crippen molar-refractivity contribution < 1.29 is 28.7 Å². The number of aromatic nitrogens is 2. The number of rotatable bonds is 13. The molecule has 0 bridgehead atoms. The number of fused-ring (bicyclic) bond motifs is 1. The number of ether oxygens (including phenoxy) is 3. The molecule has 0 amide bonds. The van der Waals surface area contributed by atoms with Crippen molar-refractivity contribution in [1.29, 1.82) is 0 Å². The predicted octanol–water partition coefficient (Wildman–Crippen LogP) is 5.79. The molecule has 4 aromatic carbocycles. The van der Waals surface area contributed by atoms with Gasteiger partial charge in [-0.1, -0.05) is 66.7 Å². The number of esters is 1. The predicted molar refractivity (Wildman–Crippen MR) is 165 cm³/mol. The number of halogens is 1. The van der Waals surface area contributed by atoms with Crippen molar-refractivity contribution in [2.75, 3.05) is 13.2 Å². The van der Waals surface area contributed by atoms with Crippen molar-refractivity contribution in [3.63, 3.8) is 0 Å². The van der Waals surface area contributed by atoms with Crippen molar-refractivity contribution in [3.05, 3.63) is 107 Å². The van der Waals surface area contributed by atoms with Crippen LogP contribution >= 0.6 is 12.4 Å². The first kappa shape index (κ1) is 31.5. The molecule has 224 valence electrons. The molecule has 0 saturated carbocycles. The summed E-state index contributed by atoms with van der Waals surface area (Å²) in [5.74, 6) is 0.674. The molecule has 0 aliphatic heterocycles. The third-order valence-corrected chi connectivity index (χ3v) is 7.01. The van der Waals surface area contributed by atoms with E-state index in [-0.39, 0.29) is 32.2 Å². The summed E-state index contributed by atoms with van der Waals surface area (Å²) in [4.78, 5) is 12.2. The lowest BCUT2D eigenvalue weighted by atomic mass is 9.97. The molecule has 1 heterocycles. The number of carbonyl (C=O) groups is 1. The van der Waals surface area contributed by atoms with Crippen LogP contribution in [0.15, 0.2) is 89.6 Å². The lowest BCUT2D eigenvalue weighted by molar-refractivity contribution is -0.146. The van der Waals surface area contributed by atoms with Gasteiger partial charge in [-0.3, -0.25) is 10.1 Å². The maximum absolute atomic E-state index is 12.2. The smallest absolute Gasteiger partial charge is 0.325 e. The molecule has 5 rings (SSSR count). The van der Waals surface area contributed by atoms with E-state index in [1.54, 1.807) is 6.92 Å². The van der Waals surface area contributed by atoms with Gasteiger partial charge in [-0.2, -0.15) is 0 Å². The number of nitrogens with zero attached hydrogens (tertiary/aromatic N) is 2. The van der Waals surface area contributed by atoms with Crippen LogP contribution in [0.3, 0.4) is 0 Å². The fourth-order valence-electron chi connectivity index (χ4n) is 4.67. The molecule has 0 aliphatic rings. The summed E-state index contributed by atoms with van der Waals surface area (Å²) in [7, 11) is 0. The van der Waals surface area contributed by atoms with E-state index in [0.29, 0.717) is 29.1 Å². The van der Waals surface area contributed by atoms with E-state index in [2.05, 4.69) is 46.8 Å². The van der Waals surface area contributed by atoms with Gasteiger partial charge in [0.2, 0.25) is 0 Å². The quantitative estimate of drug-likeness (QED) is 0.161. The van der Waals surface area contributed by atoms with Crippen LogP contribution in [0.25, 0.3) is 22.2 Å². The molecule has 0 spiro atoms. The second-order valence-electron chi connectivity index (χ2n) is 9.72. The fraction of sp³-hybridized carbons (Fsp3) is 0.242. The molecule has 1 atom stereocenters. The normalized spacial score (nSPS) is 11.5. The molecule has 0 unspecified atom stereocenters. The van der Waals surface area contributed by atoms with Gasteiger partial charge >= 0.3 is 5.97 Å². The van der Waals surface area contributed by atoms with Crippen LogP contribution in [0, 0.1) is 6.92 Å². The van der Waals surface area contributed by atoms with E-state index in [1.807, 2.05) is 60.7 Å². The van der Waals surface area contributed by atoms with Crippen LogP contribution in [0.1, 0.15) is 29.2 Å². The molecular weight excluding hydrogens is 570 g/mol. The highest BCUT2D eigenvalue weighted by molar-refractivity contribution is 5.85. The number of carbonyl (C=O) groups excluding carboxylic acids is 1. The largest absolute Gasteiger partial charge is 0.489 e. The molecule has 2 N–H and O–H groups in total. The fourth-order valence-corrected chi connectivity index (χ4v) is 4.67. The van der Waals surface area contributed by atoms with E-state index >= 15 is 0 Å². The van der Waals surface area contributed by atoms with Crippen molar-refractivity contribution in [2.24, 2.45) is 0 Å². The summed E-state index contributed by atoms with van der Waals surface area (Å²) < 4.78 is 22.4. The number of hydrogen-bond donors (Lipinski definition) is 2. The zero-order valence-corrected chi connectivity index (χ0v) is 24.8. The summed E-state index contributed by atoms with van der Waals surface area (Å²) in [6.07, 6.45) is 0. The molecule has 9 nitrogen and oxygen atoms in total. The summed E-state index contributed by atoms with van der Waals surface area (Å²) in [6, 6.07) is 26.8. The summed E-state index contributed by atoms with van der Waals surface area (Å²) in [5.41, 5.74) is 7.41. The van der Waals surface area contributed by atoms with Crippen LogP contribution in [0.2, 0.25) is 0 Å². The Morgan fingerprint density at radius 2 is 1.67 bits per heavy atom. The van der Waals surface area contributed by atoms with Crippen molar-refractivity contribution in [1.82, 2.24) is 15.6 Å². The van der Waals surface area contributed by atoms with Gasteiger partial charge in [-0.25, -0.2) is 4.63 Å². The minimum absolute atomic E-state index is 0. The number of benzene rings is 4. The molecule has 5 aromatic rings. The van der Waals surface area contributed by atoms with E-state index < -0.39 is 18.6 Å². The van der Waals surface area contributed by atoms with Gasteiger partial charge < -0.3 is 19.3 Å². The Bertz CT molecular complexity index is 1640. The summed E-state index contributed by atoms with van der Waals surface area (Å²) in [6.45, 7) is 4.51. The highest BCUT2D eigenvalue weighted by atomic mass is 35.5. The number of aliphatic hydroxyl groups excluding tert-OH is 1. The molecule has 1 aromatic heterocycles. The van der Waals surface area contributed by atoms with Crippen molar-refractivity contribution in [2.45, 2.75) is 39.6 Å². The topological polar surface area (TPSA) is 116 Å². The molecular formula is C33H34ClN3O6. The third kappa shape index (κ3) is 7.70. The third-order valence-electron chi connectivity index (χ3n) is 7.01. The average Bonchev–Trinajstić information content (AvgIpc) is 3.51. The Kier molecular flexibility index (Phi) is 11.1. The first-order chi connectivity index (χ1) is 20.6. The van der Waals surface area contributed by atoms with E-state index in [1.165, 1.54) is 5.56 Å². The van der Waals surface area contributed by atoms with E-state index in [0.717, 1.165) is 27.8 Å². The average molecular weight is 604 g/mol. The van der Waals surface area contributed by atoms with E-state index in [4.69, 9.17) is 18.8 Å². The highest BCUT2D eigenvalue weighted by Crippen LogP contribution is 2.30. The van der Waals surface area contributed by atoms with Crippen LogP contribution in [-0.4, -0.2) is 40.6 Å². The van der Waals surface area contributed by atoms with Crippen LogP contribution < -0.4 is 14.8 Å². The molecule has 0 radical (unpaired) electrons. The maximum atomic E-state index is 12.2. The van der Waals surface area contributed by atoms with Gasteiger partial charge in [0, 0.05) is 23.7 Å². The van der Waals surface area contributed by atoms with Crippen LogP contribution in [0.4, 0.5) is 0 Å². The van der Waals surface area contributed by atoms with Gasteiger partial charge in [-0.15, -0.1) is 12.4 Å². The summed E-state index contributed by atoms with van der Waals surface area (Å²) >= 11 is 0. The zero-order valence-electron chi connectivity index (χ0n) is 24.0. The van der Waals surface area contributed by atoms with E-state index in [9.17, 15) is 9.90 Å². The second-order valence-corrected chi connectivity index (χ2v) is 9.72. The Morgan fingerprint density at radius 3 is 2.47 bits per heavy atom. The van der Waals surface area contributed by atoms with Crippen LogP contribution in [0.5, 0.6) is 11.5 Å². The zero-order chi connectivity index (χ0) is 29.3. The van der Waals surface area contributed by atoms with Gasteiger partial charge in [0.15, 0.2) is 0 Å². The SMILES string of the molecule is CCOC(=O)[C@@H](CO)NCc1ccc(OCc2cccc(-c3ccccc3)c2C)cc1OCc1cccc2nonc12.Cl. The van der Waals surface area contributed by atoms with Gasteiger partial charge in [0.25, 0.3) is 0 Å². The molecule has 10 heteroatoms. The molecule has 0 aliphatic carbocycles. The number of aliphatic hydroxyl groups is 1. The number of nitrogens with one attached hydrogen (secondary N) is 1. The molecule has 0 saturated heterocycles. The first-order valence-electron chi connectivity index (χ1n) is 13.8. The first-order valence-corrected chi connectivity index (χ1v) is 13.8. The Morgan fingerprint density at radius 1 is 0.907 bits per heavy atom. The molecule has 43 heavy (non-hydrogen) atoms. The lowest BCUT2D eigenvalue weighted by Gasteiger charge is -2.18. The highest BCUT2D eigenvalue weighted by Gasteiger charge is 2.19. The monoisotopic (exact) mass is 603 g/mol. The van der Waals surface area contributed by atoms with Crippen LogP contribution in [-0.2, 0) is 29.3 Å². The Hall–Kier alpha value is -4.44. The second kappa shape index (κ2) is 15.2. The Labute approximate surface area is 256 Å². The Balaban J connectivity index is 0.00000423. The minimum atomic E-state index is -0.858. The standard InChI is InChI=1S/C33H33N3O6.ClH/c1-3-39-33(38)30(19-37)34-18-24-15-16-27(17-31(24)41-21-26-12-8-14-29-32(26)36-42-35-29)40-20-25-11-7-13-28(22(25)2)23-9-5-4-6-10-23;/h4-17,30,34,37H,3,18-21H2,1-2H3;1H/t30-;/m1./s1. The minimum Gasteiger partial charge on any atom is -0.489 e. The van der Waals surface area contributed by atoms with Gasteiger partial charge in [0.05, 0.1) is 13.2 Å².